The van der Waals surface area contributed by atoms with Gasteiger partial charge in [0.2, 0.25) is 11.8 Å². The Balaban J connectivity index is 1.59. The topological polar surface area (TPSA) is 50.3 Å². The number of imide groups is 1. The van der Waals surface area contributed by atoms with E-state index in [9.17, 15) is 9.59 Å². The summed E-state index contributed by atoms with van der Waals surface area (Å²) in [6.45, 7) is 1.89. The first-order valence-corrected chi connectivity index (χ1v) is 9.65. The van der Waals surface area contributed by atoms with Crippen LogP contribution in [0.1, 0.15) is 39.7 Å². The third-order valence-corrected chi connectivity index (χ3v) is 6.64. The third-order valence-electron chi connectivity index (χ3n) is 6.64. The molecule has 2 atom stereocenters. The molecule has 4 heteroatoms. The van der Waals surface area contributed by atoms with Crippen LogP contribution in [0.25, 0.3) is 0 Å². The average Bonchev–Trinajstić information content (AvgIpc) is 2.99. The number of benzene rings is 2. The molecule has 0 N–H and O–H groups in total. The molecule has 0 radical (unpaired) electrons. The van der Waals surface area contributed by atoms with Crippen LogP contribution in [0.15, 0.2) is 66.9 Å². The van der Waals surface area contributed by atoms with Crippen LogP contribution in [-0.4, -0.2) is 16.8 Å². The molecule has 28 heavy (non-hydrogen) atoms. The van der Waals surface area contributed by atoms with Crippen molar-refractivity contribution in [3.8, 4) is 0 Å². The van der Waals surface area contributed by atoms with Crippen LogP contribution in [0, 0.1) is 18.8 Å². The van der Waals surface area contributed by atoms with Crippen LogP contribution in [0.3, 0.4) is 0 Å². The van der Waals surface area contributed by atoms with Crippen molar-refractivity contribution < 1.29 is 9.59 Å². The number of hydrogen-bond acceptors (Lipinski definition) is 3. The molecule has 2 aromatic carbocycles. The minimum Gasteiger partial charge on any atom is -0.274 e. The number of rotatable bonds is 1. The predicted octanol–water partition coefficient (Wildman–Crippen LogP) is 3.79. The fourth-order valence-corrected chi connectivity index (χ4v) is 5.60. The lowest BCUT2D eigenvalue weighted by Gasteiger charge is -2.45. The highest BCUT2D eigenvalue weighted by Gasteiger charge is 2.62. The van der Waals surface area contributed by atoms with Crippen LogP contribution in [0.4, 0.5) is 5.82 Å². The van der Waals surface area contributed by atoms with Gasteiger partial charge in [-0.05, 0) is 40.8 Å². The lowest BCUT2D eigenvalue weighted by atomic mass is 9.55. The molecule has 7 rings (SSSR count). The normalized spacial score (nSPS) is 26.8. The first-order chi connectivity index (χ1) is 13.7. The quantitative estimate of drug-likeness (QED) is 0.616. The Morgan fingerprint density at radius 2 is 1.18 bits per heavy atom. The second kappa shape index (κ2) is 5.38. The fraction of sp³-hybridized carbons (Fsp3) is 0.208. The molecule has 0 spiro atoms. The second-order valence-electron chi connectivity index (χ2n) is 7.92. The molecular formula is C24H18N2O2. The molecule has 2 bridgehead atoms. The molecule has 4 aliphatic rings. The third kappa shape index (κ3) is 1.78. The Bertz CT molecular complexity index is 1050. The molecule has 1 aromatic heterocycles. The van der Waals surface area contributed by atoms with E-state index in [1.165, 1.54) is 27.2 Å². The standard InChI is InChI=1S/C24H18N2O2/c1-13-7-6-12-25-22(13)26-23(27)20-18-14-8-2-3-9-15(14)19(21(20)24(26)28)17-11-5-4-10-16(17)18/h2-12,18-21H,1H3/t18?,19?,20-,21-/m0/s1. The van der Waals surface area contributed by atoms with Crippen molar-refractivity contribution in [2.45, 2.75) is 18.8 Å². The van der Waals surface area contributed by atoms with Crippen LogP contribution < -0.4 is 4.90 Å². The minimum atomic E-state index is -0.358. The largest absolute Gasteiger partial charge is 0.274 e. The Labute approximate surface area is 162 Å². The number of carbonyl (C=O) groups is 2. The summed E-state index contributed by atoms with van der Waals surface area (Å²) in [7, 11) is 0. The summed E-state index contributed by atoms with van der Waals surface area (Å²) in [4.78, 5) is 32.9. The number of anilines is 1. The zero-order valence-electron chi connectivity index (χ0n) is 15.4. The van der Waals surface area contributed by atoms with Gasteiger partial charge in [0.1, 0.15) is 5.82 Å². The van der Waals surface area contributed by atoms with E-state index in [4.69, 9.17) is 0 Å². The Morgan fingerprint density at radius 3 is 1.61 bits per heavy atom. The monoisotopic (exact) mass is 366 g/mol. The maximum absolute atomic E-state index is 13.6. The van der Waals surface area contributed by atoms with E-state index in [-0.39, 0.29) is 35.5 Å². The molecule has 3 aromatic rings. The molecule has 2 heterocycles. The van der Waals surface area contributed by atoms with Crippen molar-refractivity contribution in [3.05, 3.63) is 94.7 Å². The summed E-state index contributed by atoms with van der Waals surface area (Å²) in [6, 6.07) is 20.3. The van der Waals surface area contributed by atoms with E-state index in [0.29, 0.717) is 5.82 Å². The van der Waals surface area contributed by atoms with Gasteiger partial charge in [-0.2, -0.15) is 0 Å². The molecule has 3 aliphatic carbocycles. The number of nitrogens with zero attached hydrogens (tertiary/aromatic N) is 2. The van der Waals surface area contributed by atoms with Gasteiger partial charge in [0.05, 0.1) is 11.8 Å². The smallest absolute Gasteiger partial charge is 0.239 e. The lowest BCUT2D eigenvalue weighted by Crippen LogP contribution is -2.41. The summed E-state index contributed by atoms with van der Waals surface area (Å²) in [6.07, 6.45) is 1.64. The van der Waals surface area contributed by atoms with Crippen LogP contribution in [0.5, 0.6) is 0 Å². The number of carbonyl (C=O) groups excluding carboxylic acids is 2. The van der Waals surface area contributed by atoms with Gasteiger partial charge in [0.15, 0.2) is 0 Å². The van der Waals surface area contributed by atoms with E-state index in [2.05, 4.69) is 29.2 Å². The molecule has 4 nitrogen and oxygen atoms in total. The summed E-state index contributed by atoms with van der Waals surface area (Å²) < 4.78 is 0. The van der Waals surface area contributed by atoms with Gasteiger partial charge in [-0.15, -0.1) is 0 Å². The van der Waals surface area contributed by atoms with Crippen LogP contribution in [0.2, 0.25) is 0 Å². The molecule has 1 aliphatic heterocycles. The molecule has 0 unspecified atom stereocenters. The number of aryl methyl sites for hydroxylation is 1. The number of pyridine rings is 1. The maximum Gasteiger partial charge on any atom is 0.239 e. The summed E-state index contributed by atoms with van der Waals surface area (Å²) in [5.41, 5.74) is 5.59. The van der Waals surface area contributed by atoms with Gasteiger partial charge in [-0.1, -0.05) is 54.6 Å². The maximum atomic E-state index is 13.6. The van der Waals surface area contributed by atoms with Crippen molar-refractivity contribution in [2.24, 2.45) is 11.8 Å². The van der Waals surface area contributed by atoms with Gasteiger partial charge in [0.25, 0.3) is 0 Å². The summed E-state index contributed by atoms with van der Waals surface area (Å²) >= 11 is 0. The van der Waals surface area contributed by atoms with Gasteiger partial charge >= 0.3 is 0 Å². The zero-order chi connectivity index (χ0) is 19.0. The van der Waals surface area contributed by atoms with Gasteiger partial charge in [0, 0.05) is 18.0 Å². The Kier molecular flexibility index (Phi) is 3.03. The average molecular weight is 366 g/mol. The van der Waals surface area contributed by atoms with Gasteiger partial charge in [-0.25, -0.2) is 9.88 Å². The van der Waals surface area contributed by atoms with E-state index in [1.54, 1.807) is 6.20 Å². The molecule has 136 valence electrons. The number of hydrogen-bond donors (Lipinski definition) is 0. The zero-order valence-corrected chi connectivity index (χ0v) is 15.4. The Morgan fingerprint density at radius 1 is 0.714 bits per heavy atom. The number of aromatic nitrogens is 1. The second-order valence-corrected chi connectivity index (χ2v) is 7.92. The molecule has 1 saturated heterocycles. The summed E-state index contributed by atoms with van der Waals surface area (Å²) in [5.74, 6) is -0.626. The molecular weight excluding hydrogens is 348 g/mol. The van der Waals surface area contributed by atoms with E-state index >= 15 is 0 Å². The highest BCUT2D eigenvalue weighted by Crippen LogP contribution is 2.61. The van der Waals surface area contributed by atoms with Crippen LogP contribution in [-0.2, 0) is 9.59 Å². The molecule has 2 amide bonds. The summed E-state index contributed by atoms with van der Waals surface area (Å²) in [5, 5.41) is 0. The minimum absolute atomic E-state index is 0.0760. The SMILES string of the molecule is Cc1cccnc1N1C(=O)[C@H]2C3c4ccccc4C(c4ccccc43)[C@@H]2C1=O. The first-order valence-electron chi connectivity index (χ1n) is 9.65. The van der Waals surface area contributed by atoms with Crippen LogP contribution >= 0.6 is 0 Å². The molecule has 1 fully saturated rings. The highest BCUT2D eigenvalue weighted by molar-refractivity contribution is 6.23. The highest BCUT2D eigenvalue weighted by atomic mass is 16.2. The van der Waals surface area contributed by atoms with Gasteiger partial charge in [-0.3, -0.25) is 9.59 Å². The van der Waals surface area contributed by atoms with E-state index < -0.39 is 0 Å². The lowest BCUT2D eigenvalue weighted by molar-refractivity contribution is -0.122. The van der Waals surface area contributed by atoms with Crippen molar-refractivity contribution in [3.63, 3.8) is 0 Å². The predicted molar refractivity (Wildman–Crippen MR) is 105 cm³/mol. The Hall–Kier alpha value is -3.27. The van der Waals surface area contributed by atoms with Crippen molar-refractivity contribution in [1.29, 1.82) is 0 Å². The molecule has 0 saturated carbocycles. The van der Waals surface area contributed by atoms with Crippen molar-refractivity contribution in [2.75, 3.05) is 4.90 Å². The van der Waals surface area contributed by atoms with E-state index in [1.807, 2.05) is 43.3 Å². The van der Waals surface area contributed by atoms with Crippen molar-refractivity contribution >= 4 is 17.6 Å². The van der Waals surface area contributed by atoms with Crippen molar-refractivity contribution in [1.82, 2.24) is 4.98 Å². The van der Waals surface area contributed by atoms with E-state index in [0.717, 1.165) is 5.56 Å². The van der Waals surface area contributed by atoms with Gasteiger partial charge < -0.3 is 0 Å². The number of amides is 2. The fourth-order valence-electron chi connectivity index (χ4n) is 5.60. The first kappa shape index (κ1) is 15.8.